The van der Waals surface area contributed by atoms with Crippen LogP contribution in [-0.4, -0.2) is 23.3 Å². The lowest BCUT2D eigenvalue weighted by molar-refractivity contribution is -0.116. The summed E-state index contributed by atoms with van der Waals surface area (Å²) in [5, 5.41) is 6.40. The molecule has 1 aromatic heterocycles. The molecule has 2 aliphatic rings. The first-order valence-electron chi connectivity index (χ1n) is 12.3. The Morgan fingerprint density at radius 1 is 1.06 bits per heavy atom. The molecular formula is C30H29N3O3. The number of aromatic nitrogens is 1. The van der Waals surface area contributed by atoms with Crippen LogP contribution < -0.4 is 15.4 Å². The van der Waals surface area contributed by atoms with Gasteiger partial charge in [-0.2, -0.15) is 0 Å². The molecular weight excluding hydrogens is 450 g/mol. The molecule has 0 saturated heterocycles. The highest BCUT2D eigenvalue weighted by Gasteiger charge is 2.41. The van der Waals surface area contributed by atoms with Crippen molar-refractivity contribution in [2.75, 3.05) is 11.9 Å². The summed E-state index contributed by atoms with van der Waals surface area (Å²) in [5.74, 6) is 0.00864. The van der Waals surface area contributed by atoms with Gasteiger partial charge in [-0.3, -0.25) is 14.6 Å². The molecule has 0 fully saturated rings. The van der Waals surface area contributed by atoms with Crippen LogP contribution in [0.25, 0.3) is 0 Å². The van der Waals surface area contributed by atoms with E-state index in [1.54, 1.807) is 24.5 Å². The van der Waals surface area contributed by atoms with E-state index >= 15 is 0 Å². The first-order chi connectivity index (χ1) is 17.6. The summed E-state index contributed by atoms with van der Waals surface area (Å²) in [5.41, 5.74) is 5.33. The summed E-state index contributed by atoms with van der Waals surface area (Å²) in [6, 6.07) is 21.4. The first-order valence-corrected chi connectivity index (χ1v) is 12.3. The van der Waals surface area contributed by atoms with E-state index in [1.165, 1.54) is 0 Å². The largest absolute Gasteiger partial charge is 0.494 e. The lowest BCUT2D eigenvalue weighted by atomic mass is 9.71. The van der Waals surface area contributed by atoms with Gasteiger partial charge in [0.1, 0.15) is 5.75 Å². The second kappa shape index (κ2) is 10.2. The number of dihydropyridines is 1. The van der Waals surface area contributed by atoms with Gasteiger partial charge in [-0.05, 0) is 49.9 Å². The van der Waals surface area contributed by atoms with Crippen molar-refractivity contribution in [3.8, 4) is 5.75 Å². The third-order valence-corrected chi connectivity index (χ3v) is 6.79. The SMILES string of the molecule is CCOc1ccccc1C1C(C(=O)Nc2cccnc2)=C(C)NC2=C1C(=O)CC(c1ccccc1)C2. The summed E-state index contributed by atoms with van der Waals surface area (Å²) in [6.45, 7) is 4.31. The van der Waals surface area contributed by atoms with E-state index in [-0.39, 0.29) is 17.6 Å². The molecule has 6 heteroatoms. The molecule has 6 nitrogen and oxygen atoms in total. The van der Waals surface area contributed by atoms with Crippen molar-refractivity contribution in [3.63, 3.8) is 0 Å². The van der Waals surface area contributed by atoms with Crippen LogP contribution in [0.3, 0.4) is 0 Å². The topological polar surface area (TPSA) is 80.3 Å². The predicted molar refractivity (Wildman–Crippen MR) is 140 cm³/mol. The van der Waals surface area contributed by atoms with Crippen molar-refractivity contribution in [3.05, 3.63) is 113 Å². The number of para-hydroxylation sites is 1. The number of allylic oxidation sites excluding steroid dienone is 3. The monoisotopic (exact) mass is 479 g/mol. The van der Waals surface area contributed by atoms with Gasteiger partial charge in [-0.25, -0.2) is 0 Å². The Labute approximate surface area is 211 Å². The first kappa shape index (κ1) is 23.5. The molecule has 3 aromatic rings. The summed E-state index contributed by atoms with van der Waals surface area (Å²) in [6.07, 6.45) is 4.36. The number of nitrogens with one attached hydrogen (secondary N) is 2. The predicted octanol–water partition coefficient (Wildman–Crippen LogP) is 5.48. The fraction of sp³-hybridized carbons (Fsp3) is 0.233. The van der Waals surface area contributed by atoms with E-state index in [1.807, 2.05) is 56.3 Å². The Bertz CT molecular complexity index is 1350. The molecule has 0 radical (unpaired) electrons. The zero-order chi connectivity index (χ0) is 25.1. The highest BCUT2D eigenvalue weighted by atomic mass is 16.5. The minimum atomic E-state index is -0.537. The molecule has 182 valence electrons. The summed E-state index contributed by atoms with van der Waals surface area (Å²) < 4.78 is 5.96. The van der Waals surface area contributed by atoms with Crippen LogP contribution in [0.5, 0.6) is 5.75 Å². The third kappa shape index (κ3) is 4.54. The van der Waals surface area contributed by atoms with Crippen molar-refractivity contribution in [1.82, 2.24) is 10.3 Å². The zero-order valence-electron chi connectivity index (χ0n) is 20.5. The average Bonchev–Trinajstić information content (AvgIpc) is 2.89. The van der Waals surface area contributed by atoms with E-state index in [0.717, 1.165) is 22.5 Å². The summed E-state index contributed by atoms with van der Waals surface area (Å²) in [7, 11) is 0. The third-order valence-electron chi connectivity index (χ3n) is 6.79. The second-order valence-electron chi connectivity index (χ2n) is 9.09. The van der Waals surface area contributed by atoms with E-state index in [9.17, 15) is 9.59 Å². The molecule has 2 N–H and O–H groups in total. The molecule has 5 rings (SSSR count). The maximum Gasteiger partial charge on any atom is 0.254 e. The highest BCUT2D eigenvalue weighted by molar-refractivity contribution is 6.10. The lowest BCUT2D eigenvalue weighted by Crippen LogP contribution is -2.37. The number of pyridine rings is 1. The van der Waals surface area contributed by atoms with Crippen LogP contribution in [0.2, 0.25) is 0 Å². The number of hydrogen-bond acceptors (Lipinski definition) is 5. The van der Waals surface area contributed by atoms with Crippen molar-refractivity contribution in [2.24, 2.45) is 0 Å². The average molecular weight is 480 g/mol. The van der Waals surface area contributed by atoms with Crippen LogP contribution in [0.15, 0.2) is 102 Å². The van der Waals surface area contributed by atoms with Crippen molar-refractivity contribution < 1.29 is 14.3 Å². The number of Topliss-reactive ketones (excluding diaryl/α,β-unsaturated/α-hetero) is 1. The fourth-order valence-corrected chi connectivity index (χ4v) is 5.25. The van der Waals surface area contributed by atoms with Gasteiger partial charge in [0.15, 0.2) is 5.78 Å². The zero-order valence-corrected chi connectivity index (χ0v) is 20.5. The van der Waals surface area contributed by atoms with Gasteiger partial charge in [0.25, 0.3) is 5.91 Å². The molecule has 0 spiro atoms. The van der Waals surface area contributed by atoms with E-state index < -0.39 is 5.92 Å². The number of carbonyl (C=O) groups excluding carboxylic acids is 2. The Morgan fingerprint density at radius 2 is 1.83 bits per heavy atom. The highest BCUT2D eigenvalue weighted by Crippen LogP contribution is 2.47. The molecule has 0 bridgehead atoms. The maximum atomic E-state index is 13.8. The number of benzene rings is 2. The van der Waals surface area contributed by atoms with Gasteiger partial charge in [0.05, 0.1) is 24.4 Å². The Morgan fingerprint density at radius 3 is 2.58 bits per heavy atom. The minimum Gasteiger partial charge on any atom is -0.494 e. The van der Waals surface area contributed by atoms with Gasteiger partial charge in [-0.1, -0.05) is 48.5 Å². The van der Waals surface area contributed by atoms with E-state index in [0.29, 0.717) is 42.0 Å². The molecule has 1 aliphatic heterocycles. The number of ketones is 1. The van der Waals surface area contributed by atoms with Gasteiger partial charge < -0.3 is 15.4 Å². The number of anilines is 1. The van der Waals surface area contributed by atoms with Crippen LogP contribution in [0, 0.1) is 0 Å². The van der Waals surface area contributed by atoms with Crippen LogP contribution in [-0.2, 0) is 9.59 Å². The maximum absolute atomic E-state index is 13.8. The molecule has 2 aromatic carbocycles. The Kier molecular flexibility index (Phi) is 6.67. The standard InChI is InChI=1S/C30H29N3O3/c1-3-36-26-14-8-7-13-23(26)28-27(30(35)33-22-12-9-15-31-18-22)19(2)32-24-16-21(17-25(34)29(24)28)20-10-5-4-6-11-20/h4-15,18,21,28,32H,3,16-17H2,1-2H3,(H,33,35). The Balaban J connectivity index is 1.60. The molecule has 2 unspecified atom stereocenters. The summed E-state index contributed by atoms with van der Waals surface area (Å²) >= 11 is 0. The molecule has 0 saturated carbocycles. The van der Waals surface area contributed by atoms with E-state index in [4.69, 9.17) is 4.74 Å². The number of hydrogen-bond donors (Lipinski definition) is 2. The normalized spacial score (nSPS) is 19.4. The molecule has 36 heavy (non-hydrogen) atoms. The van der Waals surface area contributed by atoms with Crippen molar-refractivity contribution >= 4 is 17.4 Å². The molecule has 2 atom stereocenters. The fourth-order valence-electron chi connectivity index (χ4n) is 5.25. The van der Waals surface area contributed by atoms with Crippen molar-refractivity contribution in [1.29, 1.82) is 0 Å². The quantitative estimate of drug-likeness (QED) is 0.489. The van der Waals surface area contributed by atoms with Gasteiger partial charge >= 0.3 is 0 Å². The van der Waals surface area contributed by atoms with Gasteiger partial charge in [0, 0.05) is 40.7 Å². The van der Waals surface area contributed by atoms with Gasteiger partial charge in [0.2, 0.25) is 0 Å². The van der Waals surface area contributed by atoms with Gasteiger partial charge in [-0.15, -0.1) is 0 Å². The molecule has 1 aliphatic carbocycles. The molecule has 2 heterocycles. The minimum absolute atomic E-state index is 0.0492. The molecule has 1 amide bonds. The lowest BCUT2D eigenvalue weighted by Gasteiger charge is -2.37. The van der Waals surface area contributed by atoms with Crippen LogP contribution in [0.4, 0.5) is 5.69 Å². The number of ether oxygens (including phenoxy) is 1. The second-order valence-corrected chi connectivity index (χ2v) is 9.09. The number of rotatable bonds is 6. The van der Waals surface area contributed by atoms with Crippen molar-refractivity contribution in [2.45, 2.75) is 38.5 Å². The number of amides is 1. The Hall–Kier alpha value is -4.19. The van der Waals surface area contributed by atoms with E-state index in [2.05, 4.69) is 27.8 Å². The smallest absolute Gasteiger partial charge is 0.254 e. The number of nitrogens with zero attached hydrogens (tertiary/aromatic N) is 1. The summed E-state index contributed by atoms with van der Waals surface area (Å²) in [4.78, 5) is 31.6. The number of carbonyl (C=O) groups is 2. The van der Waals surface area contributed by atoms with Crippen LogP contribution in [0.1, 0.15) is 49.7 Å². The van der Waals surface area contributed by atoms with Crippen LogP contribution >= 0.6 is 0 Å².